The molecular weight excluding hydrogens is 228 g/mol. The lowest BCUT2D eigenvalue weighted by molar-refractivity contribution is 0.191. The van der Waals surface area contributed by atoms with Crippen LogP contribution in [0.1, 0.15) is 0 Å². The van der Waals surface area contributed by atoms with Crippen LogP contribution in [-0.4, -0.2) is 54.2 Å². The third kappa shape index (κ3) is 2.63. The molecule has 5 nitrogen and oxygen atoms in total. The lowest BCUT2D eigenvalue weighted by Crippen LogP contribution is -2.44. The van der Waals surface area contributed by atoms with Gasteiger partial charge in [0.2, 0.25) is 0 Å². The number of benzene rings is 1. The number of nitrogens with zero attached hydrogens (tertiary/aromatic N) is 2. The molecule has 2 aromatic rings. The van der Waals surface area contributed by atoms with E-state index in [-0.39, 0.29) is 0 Å². The van der Waals surface area contributed by atoms with Gasteiger partial charge >= 0.3 is 0 Å². The second kappa shape index (κ2) is 5.37. The SMILES string of the molecule is c1nc2ccc(OCCN3CCNCC3)cc2[nH]1. The summed E-state index contributed by atoms with van der Waals surface area (Å²) < 4.78 is 5.78. The molecule has 18 heavy (non-hydrogen) atoms. The van der Waals surface area contributed by atoms with Crippen LogP contribution < -0.4 is 10.1 Å². The van der Waals surface area contributed by atoms with Gasteiger partial charge < -0.3 is 15.0 Å². The van der Waals surface area contributed by atoms with Gasteiger partial charge in [0.15, 0.2) is 0 Å². The van der Waals surface area contributed by atoms with Gasteiger partial charge in [-0.3, -0.25) is 4.90 Å². The Morgan fingerprint density at radius 3 is 3.06 bits per heavy atom. The van der Waals surface area contributed by atoms with Gasteiger partial charge in [0.1, 0.15) is 12.4 Å². The van der Waals surface area contributed by atoms with Gasteiger partial charge in [-0.2, -0.15) is 0 Å². The molecule has 1 aromatic heterocycles. The number of piperazine rings is 1. The Balaban J connectivity index is 1.52. The van der Waals surface area contributed by atoms with E-state index < -0.39 is 0 Å². The number of rotatable bonds is 4. The molecule has 0 spiro atoms. The van der Waals surface area contributed by atoms with Crippen molar-refractivity contribution in [3.63, 3.8) is 0 Å². The van der Waals surface area contributed by atoms with E-state index in [1.54, 1.807) is 6.33 Å². The number of imidazole rings is 1. The second-order valence-corrected chi connectivity index (χ2v) is 4.52. The predicted molar refractivity (Wildman–Crippen MR) is 70.9 cm³/mol. The van der Waals surface area contributed by atoms with Gasteiger partial charge in [0.05, 0.1) is 17.4 Å². The molecule has 0 aliphatic carbocycles. The molecular formula is C13H18N4O. The first-order valence-electron chi connectivity index (χ1n) is 6.41. The fourth-order valence-corrected chi connectivity index (χ4v) is 2.23. The van der Waals surface area contributed by atoms with E-state index >= 15 is 0 Å². The number of aromatic nitrogens is 2. The molecule has 2 heterocycles. The molecule has 2 N–H and O–H groups in total. The van der Waals surface area contributed by atoms with Crippen LogP contribution in [0.4, 0.5) is 0 Å². The summed E-state index contributed by atoms with van der Waals surface area (Å²) in [4.78, 5) is 9.70. The number of nitrogens with one attached hydrogen (secondary N) is 2. The second-order valence-electron chi connectivity index (χ2n) is 4.52. The molecule has 0 bridgehead atoms. The average Bonchev–Trinajstić information content (AvgIpc) is 2.87. The summed E-state index contributed by atoms with van der Waals surface area (Å²) in [7, 11) is 0. The highest BCUT2D eigenvalue weighted by molar-refractivity contribution is 5.75. The Labute approximate surface area is 106 Å². The molecule has 3 rings (SSSR count). The third-order valence-corrected chi connectivity index (χ3v) is 3.28. The minimum Gasteiger partial charge on any atom is -0.492 e. The predicted octanol–water partition coefficient (Wildman–Crippen LogP) is 0.847. The lowest BCUT2D eigenvalue weighted by atomic mass is 10.3. The largest absolute Gasteiger partial charge is 0.492 e. The average molecular weight is 246 g/mol. The number of aromatic amines is 1. The fraction of sp³-hybridized carbons (Fsp3) is 0.462. The minimum absolute atomic E-state index is 0.736. The van der Waals surface area contributed by atoms with Gasteiger partial charge in [-0.15, -0.1) is 0 Å². The Bertz CT molecular complexity index is 504. The van der Waals surface area contributed by atoms with E-state index in [1.165, 1.54) is 0 Å². The maximum atomic E-state index is 5.78. The maximum absolute atomic E-state index is 5.78. The normalized spacial score (nSPS) is 17.1. The van der Waals surface area contributed by atoms with Crippen molar-refractivity contribution in [2.75, 3.05) is 39.3 Å². The zero-order valence-electron chi connectivity index (χ0n) is 10.4. The number of H-pyrrole nitrogens is 1. The maximum Gasteiger partial charge on any atom is 0.121 e. The van der Waals surface area contributed by atoms with Crippen LogP contribution >= 0.6 is 0 Å². The van der Waals surface area contributed by atoms with Crippen molar-refractivity contribution in [1.82, 2.24) is 20.2 Å². The molecule has 96 valence electrons. The Morgan fingerprint density at radius 2 is 2.17 bits per heavy atom. The summed E-state index contributed by atoms with van der Waals surface area (Å²) in [5, 5.41) is 3.35. The van der Waals surface area contributed by atoms with Gasteiger partial charge in [0, 0.05) is 38.8 Å². The van der Waals surface area contributed by atoms with E-state index in [4.69, 9.17) is 4.74 Å². The van der Waals surface area contributed by atoms with Crippen molar-refractivity contribution in [1.29, 1.82) is 0 Å². The number of hydrogen-bond donors (Lipinski definition) is 2. The van der Waals surface area contributed by atoms with Crippen molar-refractivity contribution >= 4 is 11.0 Å². The molecule has 0 radical (unpaired) electrons. The van der Waals surface area contributed by atoms with Crippen LogP contribution in [0.5, 0.6) is 5.75 Å². The summed E-state index contributed by atoms with van der Waals surface area (Å²) in [5.41, 5.74) is 2.00. The highest BCUT2D eigenvalue weighted by Crippen LogP contribution is 2.17. The lowest BCUT2D eigenvalue weighted by Gasteiger charge is -2.26. The topological polar surface area (TPSA) is 53.2 Å². The molecule has 0 saturated carbocycles. The van der Waals surface area contributed by atoms with E-state index in [1.807, 2.05) is 18.2 Å². The van der Waals surface area contributed by atoms with E-state index in [0.29, 0.717) is 0 Å². The molecule has 1 fully saturated rings. The molecule has 1 aromatic carbocycles. The van der Waals surface area contributed by atoms with Crippen LogP contribution in [0.15, 0.2) is 24.5 Å². The monoisotopic (exact) mass is 246 g/mol. The standard InChI is InChI=1S/C13H18N4O/c1-2-12-13(16-10-15-12)9-11(1)18-8-7-17-5-3-14-4-6-17/h1-2,9-10,14H,3-8H2,(H,15,16). The first-order valence-corrected chi connectivity index (χ1v) is 6.41. The molecule has 0 unspecified atom stereocenters. The van der Waals surface area contributed by atoms with E-state index in [2.05, 4.69) is 20.2 Å². The molecule has 0 amide bonds. The van der Waals surface area contributed by atoms with Gasteiger partial charge in [-0.1, -0.05) is 0 Å². The van der Waals surface area contributed by atoms with Gasteiger partial charge in [0.25, 0.3) is 0 Å². The van der Waals surface area contributed by atoms with E-state index in [9.17, 15) is 0 Å². The molecule has 0 atom stereocenters. The zero-order chi connectivity index (χ0) is 12.2. The van der Waals surface area contributed by atoms with Crippen LogP contribution in [0.3, 0.4) is 0 Å². The van der Waals surface area contributed by atoms with E-state index in [0.717, 1.165) is 56.1 Å². The van der Waals surface area contributed by atoms with Gasteiger partial charge in [-0.05, 0) is 12.1 Å². The first-order chi connectivity index (χ1) is 8.92. The Hall–Kier alpha value is -1.59. The van der Waals surface area contributed by atoms with Crippen molar-refractivity contribution in [2.24, 2.45) is 0 Å². The smallest absolute Gasteiger partial charge is 0.121 e. The first kappa shape index (κ1) is 11.5. The number of hydrogen-bond acceptors (Lipinski definition) is 4. The Morgan fingerprint density at radius 1 is 1.28 bits per heavy atom. The third-order valence-electron chi connectivity index (χ3n) is 3.28. The molecule has 1 aliphatic heterocycles. The van der Waals surface area contributed by atoms with Crippen LogP contribution in [-0.2, 0) is 0 Å². The van der Waals surface area contributed by atoms with Crippen LogP contribution in [0.25, 0.3) is 11.0 Å². The van der Waals surface area contributed by atoms with Crippen molar-refractivity contribution in [3.05, 3.63) is 24.5 Å². The minimum atomic E-state index is 0.736. The van der Waals surface area contributed by atoms with Crippen LogP contribution in [0, 0.1) is 0 Å². The summed E-state index contributed by atoms with van der Waals surface area (Å²) in [6.45, 7) is 6.12. The molecule has 5 heteroatoms. The quantitative estimate of drug-likeness (QED) is 0.839. The highest BCUT2D eigenvalue weighted by Gasteiger charge is 2.08. The molecule has 1 saturated heterocycles. The van der Waals surface area contributed by atoms with Crippen molar-refractivity contribution < 1.29 is 4.74 Å². The van der Waals surface area contributed by atoms with Crippen molar-refractivity contribution in [3.8, 4) is 5.75 Å². The number of fused-ring (bicyclic) bond motifs is 1. The summed E-state index contributed by atoms with van der Waals surface area (Å²) in [5.74, 6) is 0.905. The van der Waals surface area contributed by atoms with Gasteiger partial charge in [-0.25, -0.2) is 4.98 Å². The fourth-order valence-electron chi connectivity index (χ4n) is 2.23. The van der Waals surface area contributed by atoms with Crippen LogP contribution in [0.2, 0.25) is 0 Å². The summed E-state index contributed by atoms with van der Waals surface area (Å²) in [6, 6.07) is 5.95. The zero-order valence-corrected chi connectivity index (χ0v) is 10.4. The summed E-state index contributed by atoms with van der Waals surface area (Å²) >= 11 is 0. The Kier molecular flexibility index (Phi) is 3.43. The summed E-state index contributed by atoms with van der Waals surface area (Å²) in [6.07, 6.45) is 1.70. The molecule has 1 aliphatic rings. The highest BCUT2D eigenvalue weighted by atomic mass is 16.5. The number of ether oxygens (including phenoxy) is 1. The van der Waals surface area contributed by atoms with Crippen molar-refractivity contribution in [2.45, 2.75) is 0 Å².